The zero-order valence-electron chi connectivity index (χ0n) is 10.7. The van der Waals surface area contributed by atoms with Crippen LogP contribution in [0.1, 0.15) is 30.7 Å². The first-order valence-electron chi connectivity index (χ1n) is 6.81. The van der Waals surface area contributed by atoms with Gasteiger partial charge in [0.15, 0.2) is 0 Å². The molecule has 2 aliphatic rings. The van der Waals surface area contributed by atoms with Gasteiger partial charge in [0.05, 0.1) is 6.20 Å². The van der Waals surface area contributed by atoms with Gasteiger partial charge in [0.1, 0.15) is 0 Å². The fraction of sp³-hybridized carbons (Fsp3) is 0.615. The molecule has 19 heavy (non-hydrogen) atoms. The average molecular weight is 261 g/mol. The van der Waals surface area contributed by atoms with E-state index in [-0.39, 0.29) is 17.9 Å². The van der Waals surface area contributed by atoms with E-state index in [2.05, 4.69) is 21.0 Å². The lowest BCUT2D eigenvalue weighted by molar-refractivity contribution is -0.133. The van der Waals surface area contributed by atoms with E-state index >= 15 is 0 Å². The first kappa shape index (κ1) is 12.5. The van der Waals surface area contributed by atoms with E-state index < -0.39 is 0 Å². The predicted octanol–water partition coefficient (Wildman–Crippen LogP) is -0.0618. The van der Waals surface area contributed by atoms with Crippen LogP contribution in [-0.2, 0) is 4.79 Å². The molecule has 4 atom stereocenters. The van der Waals surface area contributed by atoms with Gasteiger partial charge in [-0.1, -0.05) is 0 Å². The van der Waals surface area contributed by atoms with Crippen LogP contribution in [0.5, 0.6) is 0 Å². The molecule has 4 N–H and O–H groups in total. The molecular formula is C13H19N5O. The van der Waals surface area contributed by atoms with Crippen molar-refractivity contribution in [3.8, 4) is 0 Å². The summed E-state index contributed by atoms with van der Waals surface area (Å²) < 4.78 is 0. The second-order valence-electron chi connectivity index (χ2n) is 5.43. The van der Waals surface area contributed by atoms with Gasteiger partial charge in [-0.05, 0) is 42.7 Å². The largest absolute Gasteiger partial charge is 0.329 e. The standard InChI is InChI=1S/C13H19N5O/c14-6-12-11-5-8(9-3-4-15-16-7-9)1-2-10(11)13(19)18-17-12/h3-4,7-8,10-12,17H,1-2,5-6,14H2,(H,18,19). The van der Waals surface area contributed by atoms with E-state index in [9.17, 15) is 4.79 Å². The Morgan fingerprint density at radius 2 is 2.26 bits per heavy atom. The summed E-state index contributed by atoms with van der Waals surface area (Å²) in [5.41, 5.74) is 12.8. The number of nitrogens with zero attached hydrogens (tertiary/aromatic N) is 2. The van der Waals surface area contributed by atoms with Crippen molar-refractivity contribution in [2.24, 2.45) is 17.6 Å². The second kappa shape index (κ2) is 5.22. The van der Waals surface area contributed by atoms with Crippen molar-refractivity contribution in [1.29, 1.82) is 0 Å². The highest BCUT2D eigenvalue weighted by atomic mass is 16.2. The lowest BCUT2D eigenvalue weighted by atomic mass is 9.68. The van der Waals surface area contributed by atoms with E-state index in [0.29, 0.717) is 18.4 Å². The molecule has 0 aromatic carbocycles. The van der Waals surface area contributed by atoms with E-state index in [1.165, 1.54) is 5.56 Å². The van der Waals surface area contributed by atoms with Crippen LogP contribution in [0.3, 0.4) is 0 Å². The molecular weight excluding hydrogens is 242 g/mol. The number of rotatable bonds is 2. The lowest BCUT2D eigenvalue weighted by Gasteiger charge is -2.43. The maximum atomic E-state index is 11.9. The van der Waals surface area contributed by atoms with Crippen molar-refractivity contribution < 1.29 is 4.79 Å². The maximum absolute atomic E-state index is 11.9. The van der Waals surface area contributed by atoms with Crippen LogP contribution in [0.25, 0.3) is 0 Å². The highest BCUT2D eigenvalue weighted by molar-refractivity contribution is 5.79. The van der Waals surface area contributed by atoms with E-state index in [1.54, 1.807) is 6.20 Å². The van der Waals surface area contributed by atoms with Crippen molar-refractivity contribution in [2.75, 3.05) is 6.54 Å². The number of hydrogen-bond acceptors (Lipinski definition) is 5. The fourth-order valence-corrected chi connectivity index (χ4v) is 3.42. The van der Waals surface area contributed by atoms with Gasteiger partial charge >= 0.3 is 0 Å². The normalized spacial score (nSPS) is 34.5. The van der Waals surface area contributed by atoms with Gasteiger partial charge in [0.25, 0.3) is 0 Å². The predicted molar refractivity (Wildman–Crippen MR) is 69.7 cm³/mol. The molecule has 6 nitrogen and oxygen atoms in total. The van der Waals surface area contributed by atoms with Gasteiger partial charge in [-0.2, -0.15) is 10.2 Å². The van der Waals surface area contributed by atoms with Crippen LogP contribution >= 0.6 is 0 Å². The summed E-state index contributed by atoms with van der Waals surface area (Å²) in [7, 11) is 0. The third-order valence-electron chi connectivity index (χ3n) is 4.47. The van der Waals surface area contributed by atoms with Crippen molar-refractivity contribution >= 4 is 5.91 Å². The number of hydrogen-bond donors (Lipinski definition) is 3. The Balaban J connectivity index is 1.78. The number of amides is 1. The van der Waals surface area contributed by atoms with Gasteiger partial charge < -0.3 is 5.73 Å². The monoisotopic (exact) mass is 261 g/mol. The number of nitrogens with one attached hydrogen (secondary N) is 2. The second-order valence-corrected chi connectivity index (χ2v) is 5.43. The Hall–Kier alpha value is -1.53. The van der Waals surface area contributed by atoms with E-state index in [4.69, 9.17) is 5.73 Å². The van der Waals surface area contributed by atoms with Crippen LogP contribution in [-0.4, -0.2) is 28.7 Å². The quantitative estimate of drug-likeness (QED) is 0.693. The van der Waals surface area contributed by atoms with Gasteiger partial charge in [-0.3, -0.25) is 10.2 Å². The number of aromatic nitrogens is 2. The smallest absolute Gasteiger partial charge is 0.237 e. The molecule has 1 aromatic rings. The fourth-order valence-electron chi connectivity index (χ4n) is 3.42. The molecule has 1 saturated heterocycles. The molecule has 0 radical (unpaired) electrons. The molecule has 102 valence electrons. The summed E-state index contributed by atoms with van der Waals surface area (Å²) in [5, 5.41) is 7.77. The van der Waals surface area contributed by atoms with E-state index in [0.717, 1.165) is 19.3 Å². The summed E-state index contributed by atoms with van der Waals surface area (Å²) in [5.74, 6) is 0.978. The molecule has 2 fully saturated rings. The highest BCUT2D eigenvalue weighted by Gasteiger charge is 2.42. The maximum Gasteiger partial charge on any atom is 0.237 e. The molecule has 0 spiro atoms. The molecule has 1 aliphatic carbocycles. The zero-order valence-corrected chi connectivity index (χ0v) is 10.7. The zero-order chi connectivity index (χ0) is 13.2. The van der Waals surface area contributed by atoms with Crippen LogP contribution in [0.4, 0.5) is 0 Å². The summed E-state index contributed by atoms with van der Waals surface area (Å²) in [6.45, 7) is 0.544. The minimum absolute atomic E-state index is 0.0980. The minimum Gasteiger partial charge on any atom is -0.329 e. The third kappa shape index (κ3) is 2.33. The lowest BCUT2D eigenvalue weighted by Crippen LogP contribution is -2.62. The Labute approximate surface area is 112 Å². The van der Waals surface area contributed by atoms with Crippen LogP contribution in [0, 0.1) is 11.8 Å². The van der Waals surface area contributed by atoms with Gasteiger partial charge in [-0.25, -0.2) is 5.43 Å². The number of carbonyl (C=O) groups is 1. The van der Waals surface area contributed by atoms with Crippen LogP contribution in [0.15, 0.2) is 18.5 Å². The summed E-state index contributed by atoms with van der Waals surface area (Å²) in [4.78, 5) is 11.9. The number of nitrogens with two attached hydrogens (primary N) is 1. The molecule has 6 heteroatoms. The molecule has 1 aromatic heterocycles. The SMILES string of the molecule is NCC1NNC(=O)C2CCC(c3ccnnc3)CC12. The van der Waals surface area contributed by atoms with E-state index in [1.807, 2.05) is 12.3 Å². The van der Waals surface area contributed by atoms with Crippen molar-refractivity contribution in [2.45, 2.75) is 31.2 Å². The van der Waals surface area contributed by atoms with Gasteiger partial charge in [-0.15, -0.1) is 0 Å². The Morgan fingerprint density at radius 3 is 3.00 bits per heavy atom. The molecule has 2 heterocycles. The molecule has 3 rings (SSSR count). The summed E-state index contributed by atoms with van der Waals surface area (Å²) >= 11 is 0. The summed E-state index contributed by atoms with van der Waals surface area (Å²) in [6.07, 6.45) is 6.49. The molecule has 4 unspecified atom stereocenters. The highest BCUT2D eigenvalue weighted by Crippen LogP contribution is 2.41. The average Bonchev–Trinajstić information content (AvgIpc) is 2.48. The van der Waals surface area contributed by atoms with Gasteiger partial charge in [0.2, 0.25) is 5.91 Å². The Kier molecular flexibility index (Phi) is 3.44. The third-order valence-corrected chi connectivity index (χ3v) is 4.47. The van der Waals surface area contributed by atoms with Crippen molar-refractivity contribution in [3.63, 3.8) is 0 Å². The summed E-state index contributed by atoms with van der Waals surface area (Å²) in [6, 6.07) is 2.19. The van der Waals surface area contributed by atoms with Gasteiger partial charge in [0, 0.05) is 24.7 Å². The topological polar surface area (TPSA) is 92.9 Å². The first-order chi connectivity index (χ1) is 9.29. The number of hydrazine groups is 1. The van der Waals surface area contributed by atoms with Crippen molar-refractivity contribution in [1.82, 2.24) is 21.0 Å². The van der Waals surface area contributed by atoms with Crippen LogP contribution in [0.2, 0.25) is 0 Å². The Morgan fingerprint density at radius 1 is 1.37 bits per heavy atom. The number of fused-ring (bicyclic) bond motifs is 1. The molecule has 1 saturated carbocycles. The number of carbonyl (C=O) groups excluding carboxylic acids is 1. The molecule has 1 amide bonds. The molecule has 0 bridgehead atoms. The minimum atomic E-state index is 0.0980. The molecule has 1 aliphatic heterocycles. The van der Waals surface area contributed by atoms with Crippen LogP contribution < -0.4 is 16.6 Å². The first-order valence-corrected chi connectivity index (χ1v) is 6.81. The Bertz CT molecular complexity index is 452. The van der Waals surface area contributed by atoms with Crippen molar-refractivity contribution in [3.05, 3.63) is 24.0 Å².